The Balaban J connectivity index is 1.48. The van der Waals surface area contributed by atoms with Gasteiger partial charge in [-0.05, 0) is 27.6 Å². The quantitative estimate of drug-likeness (QED) is 0.622. The zero-order valence-electron chi connectivity index (χ0n) is 13.3. The van der Waals surface area contributed by atoms with E-state index < -0.39 is 17.7 Å². The van der Waals surface area contributed by atoms with Gasteiger partial charge in [-0.1, -0.05) is 24.3 Å². The molecule has 1 aromatic heterocycles. The van der Waals surface area contributed by atoms with Crippen molar-refractivity contribution < 1.29 is 13.6 Å². The predicted octanol–water partition coefficient (Wildman–Crippen LogP) is 4.32. The summed E-state index contributed by atoms with van der Waals surface area (Å²) in [6.07, 6.45) is 3.49. The van der Waals surface area contributed by atoms with Crippen molar-refractivity contribution in [1.29, 1.82) is 0 Å². The van der Waals surface area contributed by atoms with E-state index in [2.05, 4.69) is 31.5 Å². The van der Waals surface area contributed by atoms with Gasteiger partial charge in [-0.15, -0.1) is 0 Å². The summed E-state index contributed by atoms with van der Waals surface area (Å²) in [6, 6.07) is 9.06. The summed E-state index contributed by atoms with van der Waals surface area (Å²) in [4.78, 5) is 16.3. The van der Waals surface area contributed by atoms with Crippen LogP contribution in [0.15, 0.2) is 53.4 Å². The van der Waals surface area contributed by atoms with E-state index >= 15 is 0 Å². The molecule has 4 rings (SSSR count). The third-order valence-corrected chi connectivity index (χ3v) is 4.92. The number of amides is 2. The molecule has 0 fully saturated rings. The summed E-state index contributed by atoms with van der Waals surface area (Å²) < 4.78 is 29.3. The zero-order valence-corrected chi connectivity index (χ0v) is 14.9. The van der Waals surface area contributed by atoms with Gasteiger partial charge in [-0.2, -0.15) is 0 Å². The molecule has 2 amide bonds. The average molecular weight is 419 g/mol. The molecule has 132 valence electrons. The van der Waals surface area contributed by atoms with Crippen LogP contribution < -0.4 is 10.6 Å². The number of anilines is 1. The topological polar surface area (TPSA) is 59.0 Å². The number of urea groups is 1. The van der Waals surface area contributed by atoms with Crippen molar-refractivity contribution in [3.63, 3.8) is 0 Å². The minimum Gasteiger partial charge on any atom is -0.335 e. The SMILES string of the molecule is O=C(NCC1c2ccccc2-c2cncn21)Nc1cc(F)c(Br)cc1F. The van der Waals surface area contributed by atoms with Gasteiger partial charge >= 0.3 is 6.03 Å². The maximum Gasteiger partial charge on any atom is 0.319 e. The molecular weight excluding hydrogens is 406 g/mol. The molecule has 3 aromatic rings. The van der Waals surface area contributed by atoms with Gasteiger partial charge in [0.1, 0.15) is 11.6 Å². The molecular formula is C18H13BrF2N4O. The minimum atomic E-state index is -0.725. The molecule has 2 heterocycles. The van der Waals surface area contributed by atoms with Gasteiger partial charge in [0, 0.05) is 18.2 Å². The number of imidazole rings is 1. The van der Waals surface area contributed by atoms with E-state index in [1.165, 1.54) is 0 Å². The van der Waals surface area contributed by atoms with Gasteiger partial charge in [-0.25, -0.2) is 18.6 Å². The van der Waals surface area contributed by atoms with E-state index in [9.17, 15) is 13.6 Å². The fourth-order valence-corrected chi connectivity index (χ4v) is 3.43. The molecule has 0 aliphatic carbocycles. The third-order valence-electron chi connectivity index (χ3n) is 4.31. The number of benzene rings is 2. The summed E-state index contributed by atoms with van der Waals surface area (Å²) >= 11 is 2.90. The van der Waals surface area contributed by atoms with E-state index in [4.69, 9.17) is 0 Å². The first-order valence-electron chi connectivity index (χ1n) is 7.85. The van der Waals surface area contributed by atoms with Crippen LogP contribution in [0.25, 0.3) is 11.3 Å². The Morgan fingerprint density at radius 1 is 1.23 bits per heavy atom. The summed E-state index contributed by atoms with van der Waals surface area (Å²) in [5.41, 5.74) is 2.90. The van der Waals surface area contributed by atoms with Gasteiger partial charge in [0.25, 0.3) is 0 Å². The summed E-state index contributed by atoms with van der Waals surface area (Å²) in [6.45, 7) is 0.285. The first-order chi connectivity index (χ1) is 12.5. The Morgan fingerprint density at radius 2 is 2.04 bits per heavy atom. The Hall–Kier alpha value is -2.74. The highest BCUT2D eigenvalue weighted by Gasteiger charge is 2.28. The van der Waals surface area contributed by atoms with Crippen molar-refractivity contribution >= 4 is 27.6 Å². The van der Waals surface area contributed by atoms with Crippen molar-refractivity contribution in [2.24, 2.45) is 0 Å². The van der Waals surface area contributed by atoms with Crippen LogP contribution in [-0.4, -0.2) is 22.1 Å². The molecule has 2 N–H and O–H groups in total. The van der Waals surface area contributed by atoms with Crippen molar-refractivity contribution in [3.05, 3.63) is 70.6 Å². The Bertz CT molecular complexity index is 1000. The van der Waals surface area contributed by atoms with Gasteiger partial charge in [0.15, 0.2) is 0 Å². The molecule has 0 saturated carbocycles. The van der Waals surface area contributed by atoms with Crippen LogP contribution in [0.5, 0.6) is 0 Å². The molecule has 8 heteroatoms. The van der Waals surface area contributed by atoms with E-state index in [1.54, 1.807) is 12.5 Å². The van der Waals surface area contributed by atoms with Crippen molar-refractivity contribution in [1.82, 2.24) is 14.9 Å². The number of nitrogens with zero attached hydrogens (tertiary/aromatic N) is 2. The number of halogens is 3. The van der Waals surface area contributed by atoms with Crippen molar-refractivity contribution in [2.75, 3.05) is 11.9 Å². The molecule has 0 spiro atoms. The number of carbonyl (C=O) groups excluding carboxylic acids is 1. The highest BCUT2D eigenvalue weighted by atomic mass is 79.9. The molecule has 2 aromatic carbocycles. The average Bonchev–Trinajstić information content (AvgIpc) is 3.19. The molecule has 5 nitrogen and oxygen atoms in total. The molecule has 1 aliphatic heterocycles. The number of nitrogens with one attached hydrogen (secondary N) is 2. The number of fused-ring (bicyclic) bond motifs is 3. The molecule has 1 atom stereocenters. The van der Waals surface area contributed by atoms with Crippen LogP contribution in [0, 0.1) is 11.6 Å². The first-order valence-corrected chi connectivity index (χ1v) is 8.64. The summed E-state index contributed by atoms with van der Waals surface area (Å²) in [7, 11) is 0. The third kappa shape index (κ3) is 2.86. The van der Waals surface area contributed by atoms with Gasteiger partial charge < -0.3 is 15.2 Å². The first kappa shape index (κ1) is 16.7. The standard InChI is InChI=1S/C18H13BrF2N4O/c19-12-5-14(21)15(6-13(12)20)24-18(26)23-8-17-11-4-2-1-3-10(11)16-7-22-9-25(16)17/h1-7,9,17H,8H2,(H2,23,24,26). The lowest BCUT2D eigenvalue weighted by Gasteiger charge is -2.16. The fourth-order valence-electron chi connectivity index (χ4n) is 3.11. The second kappa shape index (κ2) is 6.53. The number of hydrogen-bond acceptors (Lipinski definition) is 2. The maximum atomic E-state index is 13.8. The van der Waals surface area contributed by atoms with E-state index in [-0.39, 0.29) is 22.7 Å². The molecule has 0 radical (unpaired) electrons. The van der Waals surface area contributed by atoms with Crippen molar-refractivity contribution in [3.8, 4) is 11.3 Å². The highest BCUT2D eigenvalue weighted by Crippen LogP contribution is 2.38. The minimum absolute atomic E-state index is 0.00356. The molecule has 0 bridgehead atoms. The van der Waals surface area contributed by atoms with Crippen molar-refractivity contribution in [2.45, 2.75) is 6.04 Å². The monoisotopic (exact) mass is 418 g/mol. The summed E-state index contributed by atoms with van der Waals surface area (Å²) in [5, 5.41) is 5.04. The van der Waals surface area contributed by atoms with E-state index in [1.807, 2.05) is 28.8 Å². The molecule has 1 aliphatic rings. The summed E-state index contributed by atoms with van der Waals surface area (Å²) in [5.74, 6) is -1.38. The smallest absolute Gasteiger partial charge is 0.319 e. The molecule has 0 saturated heterocycles. The van der Waals surface area contributed by atoms with E-state index in [0.29, 0.717) is 0 Å². The molecule has 26 heavy (non-hydrogen) atoms. The van der Waals surface area contributed by atoms with Crippen LogP contribution >= 0.6 is 15.9 Å². The zero-order chi connectivity index (χ0) is 18.3. The van der Waals surface area contributed by atoms with Gasteiger partial charge in [0.2, 0.25) is 0 Å². The number of carbonyl (C=O) groups is 1. The largest absolute Gasteiger partial charge is 0.335 e. The Kier molecular flexibility index (Phi) is 4.20. The van der Waals surface area contributed by atoms with Gasteiger partial charge in [0.05, 0.1) is 34.4 Å². The lowest BCUT2D eigenvalue weighted by Crippen LogP contribution is -2.33. The van der Waals surface area contributed by atoms with Crippen LogP contribution in [0.3, 0.4) is 0 Å². The second-order valence-electron chi connectivity index (χ2n) is 5.87. The highest BCUT2D eigenvalue weighted by molar-refractivity contribution is 9.10. The normalized spacial score (nSPS) is 14.7. The number of rotatable bonds is 3. The van der Waals surface area contributed by atoms with Crippen LogP contribution in [-0.2, 0) is 0 Å². The van der Waals surface area contributed by atoms with Gasteiger partial charge in [-0.3, -0.25) is 0 Å². The van der Waals surface area contributed by atoms with Crippen LogP contribution in [0.4, 0.5) is 19.3 Å². The fraction of sp³-hybridized carbons (Fsp3) is 0.111. The van der Waals surface area contributed by atoms with Crippen LogP contribution in [0.1, 0.15) is 11.6 Å². The Morgan fingerprint density at radius 3 is 2.88 bits per heavy atom. The number of aromatic nitrogens is 2. The second-order valence-corrected chi connectivity index (χ2v) is 6.72. The lowest BCUT2D eigenvalue weighted by atomic mass is 10.0. The molecule has 1 unspecified atom stereocenters. The van der Waals surface area contributed by atoms with Crippen LogP contribution in [0.2, 0.25) is 0 Å². The Labute approximate surface area is 156 Å². The van der Waals surface area contributed by atoms with E-state index in [0.717, 1.165) is 29.0 Å². The number of hydrogen-bond donors (Lipinski definition) is 2. The predicted molar refractivity (Wildman–Crippen MR) is 96.9 cm³/mol. The maximum absolute atomic E-state index is 13.8. The lowest BCUT2D eigenvalue weighted by molar-refractivity contribution is 0.251.